The molecule has 1 aliphatic heterocycles. The Morgan fingerprint density at radius 3 is 2.75 bits per heavy atom. The molecule has 1 aromatic heterocycles. The van der Waals surface area contributed by atoms with Crippen LogP contribution in [0.2, 0.25) is 0 Å². The second kappa shape index (κ2) is 8.11. The zero-order chi connectivity index (χ0) is 16.8. The van der Waals surface area contributed by atoms with Crippen LogP contribution < -0.4 is 0 Å². The molecule has 1 fully saturated rings. The Hall–Kier alpha value is -2.14. The molecule has 5 heteroatoms. The van der Waals surface area contributed by atoms with Gasteiger partial charge in [-0.3, -0.25) is 9.89 Å². The van der Waals surface area contributed by atoms with E-state index in [0.717, 1.165) is 44.5 Å². The van der Waals surface area contributed by atoms with Crippen LogP contribution in [-0.2, 0) is 17.8 Å². The molecule has 1 saturated heterocycles. The first-order chi connectivity index (χ1) is 11.8. The van der Waals surface area contributed by atoms with Gasteiger partial charge in [-0.05, 0) is 30.9 Å². The molecule has 0 atom stereocenters. The summed E-state index contributed by atoms with van der Waals surface area (Å²) in [5, 5.41) is 7.11. The average Bonchev–Trinajstić information content (AvgIpc) is 3.10. The molecule has 0 spiro atoms. The van der Waals surface area contributed by atoms with E-state index >= 15 is 0 Å². The van der Waals surface area contributed by atoms with Gasteiger partial charge in [0.05, 0.1) is 12.7 Å². The predicted octanol–water partition coefficient (Wildman–Crippen LogP) is 3.18. The van der Waals surface area contributed by atoms with E-state index in [1.54, 1.807) is 0 Å². The number of aromatic amines is 1. The molecule has 1 aliphatic rings. The highest BCUT2D eigenvalue weighted by molar-refractivity contribution is 5.92. The number of aromatic nitrogens is 2. The first kappa shape index (κ1) is 16.7. The third-order valence-corrected chi connectivity index (χ3v) is 4.43. The lowest BCUT2D eigenvalue weighted by Crippen LogP contribution is -2.41. The van der Waals surface area contributed by atoms with Crippen molar-refractivity contribution in [1.29, 1.82) is 0 Å². The van der Waals surface area contributed by atoms with Gasteiger partial charge in [0.25, 0.3) is 5.91 Å². The molecule has 0 radical (unpaired) electrons. The van der Waals surface area contributed by atoms with E-state index in [0.29, 0.717) is 12.3 Å². The summed E-state index contributed by atoms with van der Waals surface area (Å²) in [6.07, 6.45) is 3.95. The summed E-state index contributed by atoms with van der Waals surface area (Å²) in [4.78, 5) is 14.4. The number of carbonyl (C=O) groups excluding carboxylic acids is 1. The van der Waals surface area contributed by atoms with Crippen LogP contribution in [0.4, 0.5) is 0 Å². The number of ether oxygens (including phenoxy) is 1. The molecule has 0 bridgehead atoms. The van der Waals surface area contributed by atoms with Crippen molar-refractivity contribution in [2.45, 2.75) is 45.3 Å². The monoisotopic (exact) mass is 327 g/mol. The fourth-order valence-electron chi connectivity index (χ4n) is 3.04. The number of hydrogen-bond donors (Lipinski definition) is 1. The average molecular weight is 327 g/mol. The van der Waals surface area contributed by atoms with Crippen LogP contribution in [0.15, 0.2) is 36.4 Å². The second-order valence-electron chi connectivity index (χ2n) is 6.32. The van der Waals surface area contributed by atoms with Crippen molar-refractivity contribution < 1.29 is 9.53 Å². The Balaban J connectivity index is 1.46. The lowest BCUT2D eigenvalue weighted by atomic mass is 10.1. The number of piperidine rings is 1. The summed E-state index contributed by atoms with van der Waals surface area (Å²) in [6.45, 7) is 4.21. The number of hydrogen-bond acceptors (Lipinski definition) is 3. The van der Waals surface area contributed by atoms with E-state index in [-0.39, 0.29) is 12.0 Å². The van der Waals surface area contributed by atoms with Gasteiger partial charge in [-0.15, -0.1) is 0 Å². The maximum Gasteiger partial charge on any atom is 0.274 e. The molecule has 2 heterocycles. The molecule has 1 aromatic carbocycles. The molecular weight excluding hydrogens is 302 g/mol. The maximum absolute atomic E-state index is 12.5. The minimum Gasteiger partial charge on any atom is -0.373 e. The Morgan fingerprint density at radius 2 is 2.04 bits per heavy atom. The van der Waals surface area contributed by atoms with Gasteiger partial charge >= 0.3 is 0 Å². The zero-order valence-corrected chi connectivity index (χ0v) is 14.2. The van der Waals surface area contributed by atoms with E-state index in [2.05, 4.69) is 29.3 Å². The number of nitrogens with zero attached hydrogens (tertiary/aromatic N) is 2. The van der Waals surface area contributed by atoms with Crippen molar-refractivity contribution in [2.24, 2.45) is 0 Å². The number of rotatable bonds is 6. The molecule has 2 aromatic rings. The number of likely N-dealkylation sites (tertiary alicyclic amines) is 1. The number of carbonyl (C=O) groups is 1. The standard InChI is InChI=1S/C19H25N3O2/c1-2-6-16-13-18(21-20-16)19(23)22-11-9-17(10-12-22)24-14-15-7-4-3-5-8-15/h3-5,7-8,13,17H,2,6,9-12,14H2,1H3,(H,20,21). The van der Waals surface area contributed by atoms with Crippen LogP contribution in [0, 0.1) is 0 Å². The number of aryl methyl sites for hydroxylation is 1. The van der Waals surface area contributed by atoms with Crippen LogP contribution in [0.1, 0.15) is 47.9 Å². The molecule has 1 N–H and O–H groups in total. The Bertz CT molecular complexity index is 646. The normalized spacial score (nSPS) is 15.6. The summed E-state index contributed by atoms with van der Waals surface area (Å²) >= 11 is 0. The van der Waals surface area contributed by atoms with Gasteiger partial charge in [0.2, 0.25) is 0 Å². The Labute approximate surface area is 143 Å². The smallest absolute Gasteiger partial charge is 0.274 e. The van der Waals surface area contributed by atoms with Crippen molar-refractivity contribution in [3.05, 3.63) is 53.3 Å². The van der Waals surface area contributed by atoms with Crippen LogP contribution in [0.25, 0.3) is 0 Å². The first-order valence-corrected chi connectivity index (χ1v) is 8.75. The fraction of sp³-hybridized carbons (Fsp3) is 0.474. The molecular formula is C19H25N3O2. The second-order valence-corrected chi connectivity index (χ2v) is 6.32. The van der Waals surface area contributed by atoms with Gasteiger partial charge in [0.15, 0.2) is 0 Å². The number of amides is 1. The van der Waals surface area contributed by atoms with Crippen molar-refractivity contribution >= 4 is 5.91 Å². The summed E-state index contributed by atoms with van der Waals surface area (Å²) in [6, 6.07) is 12.1. The van der Waals surface area contributed by atoms with E-state index in [1.807, 2.05) is 29.2 Å². The molecule has 128 valence electrons. The summed E-state index contributed by atoms with van der Waals surface area (Å²) in [7, 11) is 0. The Kier molecular flexibility index (Phi) is 5.64. The highest BCUT2D eigenvalue weighted by atomic mass is 16.5. The van der Waals surface area contributed by atoms with Crippen molar-refractivity contribution in [2.75, 3.05) is 13.1 Å². The maximum atomic E-state index is 12.5. The molecule has 0 aliphatic carbocycles. The van der Waals surface area contributed by atoms with Crippen LogP contribution in [0.3, 0.4) is 0 Å². The zero-order valence-electron chi connectivity index (χ0n) is 14.2. The molecule has 3 rings (SSSR count). The highest BCUT2D eigenvalue weighted by Crippen LogP contribution is 2.17. The summed E-state index contributed by atoms with van der Waals surface area (Å²) in [5.41, 5.74) is 2.75. The van der Waals surface area contributed by atoms with Crippen LogP contribution >= 0.6 is 0 Å². The fourth-order valence-corrected chi connectivity index (χ4v) is 3.04. The van der Waals surface area contributed by atoms with Gasteiger partial charge in [-0.1, -0.05) is 43.7 Å². The summed E-state index contributed by atoms with van der Waals surface area (Å²) < 4.78 is 5.98. The molecule has 0 saturated carbocycles. The van der Waals surface area contributed by atoms with Crippen LogP contribution in [0.5, 0.6) is 0 Å². The molecule has 5 nitrogen and oxygen atoms in total. The van der Waals surface area contributed by atoms with E-state index in [9.17, 15) is 4.79 Å². The number of benzene rings is 1. The van der Waals surface area contributed by atoms with Gasteiger partial charge in [0.1, 0.15) is 5.69 Å². The third kappa shape index (κ3) is 4.23. The number of H-pyrrole nitrogens is 1. The third-order valence-electron chi connectivity index (χ3n) is 4.43. The van der Waals surface area contributed by atoms with Crippen molar-refractivity contribution in [1.82, 2.24) is 15.1 Å². The Morgan fingerprint density at radius 1 is 1.29 bits per heavy atom. The minimum absolute atomic E-state index is 0.0233. The van der Waals surface area contributed by atoms with Gasteiger partial charge in [-0.2, -0.15) is 5.10 Å². The summed E-state index contributed by atoms with van der Waals surface area (Å²) in [5.74, 6) is 0.0233. The van der Waals surface area contributed by atoms with Crippen LogP contribution in [-0.4, -0.2) is 40.2 Å². The highest BCUT2D eigenvalue weighted by Gasteiger charge is 2.25. The molecule has 0 unspecified atom stereocenters. The topological polar surface area (TPSA) is 58.2 Å². The van der Waals surface area contributed by atoms with Crippen molar-refractivity contribution in [3.63, 3.8) is 0 Å². The quantitative estimate of drug-likeness (QED) is 0.886. The number of nitrogens with one attached hydrogen (secondary N) is 1. The SMILES string of the molecule is CCCc1cc(C(=O)N2CCC(OCc3ccccc3)CC2)n[nH]1. The lowest BCUT2D eigenvalue weighted by molar-refractivity contribution is -0.000509. The lowest BCUT2D eigenvalue weighted by Gasteiger charge is -2.31. The first-order valence-electron chi connectivity index (χ1n) is 8.75. The molecule has 1 amide bonds. The van der Waals surface area contributed by atoms with Gasteiger partial charge in [-0.25, -0.2) is 0 Å². The minimum atomic E-state index is 0.0233. The predicted molar refractivity (Wildman–Crippen MR) is 92.7 cm³/mol. The van der Waals surface area contributed by atoms with Gasteiger partial charge in [0, 0.05) is 18.8 Å². The van der Waals surface area contributed by atoms with Gasteiger partial charge < -0.3 is 9.64 Å². The largest absolute Gasteiger partial charge is 0.373 e. The molecule has 24 heavy (non-hydrogen) atoms. The van der Waals surface area contributed by atoms with Crippen molar-refractivity contribution in [3.8, 4) is 0 Å². The van der Waals surface area contributed by atoms with E-state index in [1.165, 1.54) is 5.56 Å². The van der Waals surface area contributed by atoms with E-state index < -0.39 is 0 Å². The van der Waals surface area contributed by atoms with E-state index in [4.69, 9.17) is 4.74 Å².